The van der Waals surface area contributed by atoms with Gasteiger partial charge in [-0.1, -0.05) is 0 Å². The molecule has 1 atom stereocenters. The monoisotopic (exact) mass is 248 g/mol. The molecule has 3 amide bonds. The van der Waals surface area contributed by atoms with Gasteiger partial charge in [-0.3, -0.25) is 19.7 Å². The minimum Gasteiger partial charge on any atom is -0.328 e. The number of hydrogen-bond donors (Lipinski definition) is 1. The maximum absolute atomic E-state index is 12.0. The van der Waals surface area contributed by atoms with Gasteiger partial charge in [0, 0.05) is 19.7 Å². The fourth-order valence-electron chi connectivity index (χ4n) is 1.79. The summed E-state index contributed by atoms with van der Waals surface area (Å²) in [4.78, 5) is 36.0. The van der Waals surface area contributed by atoms with Gasteiger partial charge in [0.1, 0.15) is 6.04 Å². The van der Waals surface area contributed by atoms with Gasteiger partial charge in [0.2, 0.25) is 11.8 Å². The highest BCUT2D eigenvalue weighted by Gasteiger charge is 2.32. The van der Waals surface area contributed by atoms with E-state index in [-0.39, 0.29) is 18.0 Å². The Morgan fingerprint density at radius 3 is 2.89 bits per heavy atom. The number of nitrogens with zero attached hydrogens (tertiary/aromatic N) is 3. The van der Waals surface area contributed by atoms with Gasteiger partial charge < -0.3 is 4.90 Å². The first-order chi connectivity index (χ1) is 8.59. The van der Waals surface area contributed by atoms with Crippen LogP contribution in [-0.4, -0.2) is 45.9 Å². The molecule has 2 rings (SSSR count). The Morgan fingerprint density at radius 1 is 1.50 bits per heavy atom. The van der Waals surface area contributed by atoms with E-state index >= 15 is 0 Å². The van der Waals surface area contributed by atoms with Crippen LogP contribution in [-0.2, 0) is 9.59 Å². The molecule has 1 aliphatic heterocycles. The van der Waals surface area contributed by atoms with Crippen LogP contribution in [0.5, 0.6) is 0 Å². The Labute approximate surface area is 103 Å². The van der Waals surface area contributed by atoms with Gasteiger partial charge >= 0.3 is 0 Å². The lowest BCUT2D eigenvalue weighted by Crippen LogP contribution is -2.53. The number of rotatable bonds is 2. The molecular formula is C11H12N4O3. The number of nitrogens with one attached hydrogen (secondary N) is 1. The van der Waals surface area contributed by atoms with Crippen LogP contribution in [0.3, 0.4) is 0 Å². The molecule has 1 aromatic rings. The predicted molar refractivity (Wildman–Crippen MR) is 60.3 cm³/mol. The van der Waals surface area contributed by atoms with Crippen LogP contribution in [0, 0.1) is 0 Å². The second-order valence-corrected chi connectivity index (χ2v) is 3.99. The summed E-state index contributed by atoms with van der Waals surface area (Å²) in [6.07, 6.45) is 2.02. The molecule has 1 unspecified atom stereocenters. The van der Waals surface area contributed by atoms with Crippen molar-refractivity contribution in [2.75, 3.05) is 7.05 Å². The zero-order valence-corrected chi connectivity index (χ0v) is 9.79. The lowest BCUT2D eigenvalue weighted by Gasteiger charge is -2.29. The fourth-order valence-corrected chi connectivity index (χ4v) is 1.79. The smallest absolute Gasteiger partial charge is 0.274 e. The van der Waals surface area contributed by atoms with Crippen molar-refractivity contribution in [3.8, 4) is 0 Å². The van der Waals surface area contributed by atoms with Crippen molar-refractivity contribution in [3.63, 3.8) is 0 Å². The van der Waals surface area contributed by atoms with Crippen LogP contribution >= 0.6 is 0 Å². The molecule has 7 nitrogen and oxygen atoms in total. The van der Waals surface area contributed by atoms with Crippen molar-refractivity contribution in [2.45, 2.75) is 18.9 Å². The van der Waals surface area contributed by atoms with E-state index in [0.29, 0.717) is 6.42 Å². The fraction of sp³-hybridized carbons (Fsp3) is 0.364. The van der Waals surface area contributed by atoms with E-state index in [4.69, 9.17) is 0 Å². The third-order valence-corrected chi connectivity index (χ3v) is 2.79. The van der Waals surface area contributed by atoms with Crippen molar-refractivity contribution in [3.05, 3.63) is 24.0 Å². The summed E-state index contributed by atoms with van der Waals surface area (Å²) in [5.74, 6) is -1.15. The first-order valence-electron chi connectivity index (χ1n) is 5.48. The average molecular weight is 248 g/mol. The van der Waals surface area contributed by atoms with Gasteiger partial charge in [-0.15, -0.1) is 5.10 Å². The normalized spacial score (nSPS) is 19.3. The maximum Gasteiger partial charge on any atom is 0.274 e. The van der Waals surface area contributed by atoms with E-state index in [1.807, 2.05) is 0 Å². The van der Waals surface area contributed by atoms with Crippen LogP contribution < -0.4 is 5.32 Å². The van der Waals surface area contributed by atoms with Crippen LogP contribution in [0.25, 0.3) is 0 Å². The first-order valence-corrected chi connectivity index (χ1v) is 5.48. The molecule has 0 aromatic carbocycles. The minimum atomic E-state index is -0.641. The number of carbonyl (C=O) groups is 3. The molecule has 2 heterocycles. The van der Waals surface area contributed by atoms with Crippen LogP contribution in [0.1, 0.15) is 23.3 Å². The van der Waals surface area contributed by atoms with Crippen molar-refractivity contribution in [1.29, 1.82) is 0 Å². The highest BCUT2D eigenvalue weighted by molar-refractivity contribution is 6.03. The summed E-state index contributed by atoms with van der Waals surface area (Å²) in [6, 6.07) is 2.48. The quantitative estimate of drug-likeness (QED) is 0.702. The summed E-state index contributed by atoms with van der Waals surface area (Å²) >= 11 is 0. The van der Waals surface area contributed by atoms with Gasteiger partial charge in [-0.25, -0.2) is 0 Å². The Morgan fingerprint density at radius 2 is 2.28 bits per heavy atom. The summed E-state index contributed by atoms with van der Waals surface area (Å²) in [6.45, 7) is 0. The van der Waals surface area contributed by atoms with Gasteiger partial charge in [0.15, 0.2) is 5.69 Å². The summed E-state index contributed by atoms with van der Waals surface area (Å²) < 4.78 is 0. The summed E-state index contributed by atoms with van der Waals surface area (Å²) in [7, 11) is 1.51. The van der Waals surface area contributed by atoms with Crippen molar-refractivity contribution >= 4 is 17.7 Å². The Balaban J connectivity index is 2.12. The third-order valence-electron chi connectivity index (χ3n) is 2.79. The number of piperidine rings is 1. The van der Waals surface area contributed by atoms with Crippen LogP contribution in [0.2, 0.25) is 0 Å². The highest BCUT2D eigenvalue weighted by atomic mass is 16.2. The molecule has 0 aliphatic carbocycles. The third kappa shape index (κ3) is 2.34. The van der Waals surface area contributed by atoms with Gasteiger partial charge in [0.05, 0.1) is 0 Å². The van der Waals surface area contributed by atoms with E-state index < -0.39 is 17.9 Å². The van der Waals surface area contributed by atoms with Gasteiger partial charge in [0.25, 0.3) is 5.91 Å². The van der Waals surface area contributed by atoms with Crippen molar-refractivity contribution in [1.82, 2.24) is 20.4 Å². The predicted octanol–water partition coefficient (Wildman–Crippen LogP) is -0.646. The van der Waals surface area contributed by atoms with Crippen LogP contribution in [0.4, 0.5) is 0 Å². The summed E-state index contributed by atoms with van der Waals surface area (Å²) in [5.41, 5.74) is 0.171. The van der Waals surface area contributed by atoms with E-state index in [1.54, 1.807) is 6.07 Å². The largest absolute Gasteiger partial charge is 0.328 e. The topological polar surface area (TPSA) is 92.3 Å². The molecule has 94 valence electrons. The molecule has 18 heavy (non-hydrogen) atoms. The summed E-state index contributed by atoms with van der Waals surface area (Å²) in [5, 5.41) is 9.52. The zero-order valence-electron chi connectivity index (χ0n) is 9.79. The second-order valence-electron chi connectivity index (χ2n) is 3.99. The van der Waals surface area contributed by atoms with Crippen LogP contribution in [0.15, 0.2) is 18.3 Å². The highest BCUT2D eigenvalue weighted by Crippen LogP contribution is 2.12. The molecule has 0 bridgehead atoms. The number of hydrogen-bond acceptors (Lipinski definition) is 5. The minimum absolute atomic E-state index is 0.171. The standard InChI is InChI=1S/C11H12N4O3/c1-15(8-4-5-9(16)13-10(8)17)11(18)7-3-2-6-12-14-7/h2-3,6,8H,4-5H2,1H3,(H,13,16,17). The Hall–Kier alpha value is -2.31. The molecule has 0 radical (unpaired) electrons. The van der Waals surface area contributed by atoms with E-state index in [1.165, 1.54) is 24.2 Å². The molecule has 7 heteroatoms. The molecule has 1 aromatic heterocycles. The van der Waals surface area contributed by atoms with Gasteiger partial charge in [-0.2, -0.15) is 5.10 Å². The number of imide groups is 1. The van der Waals surface area contributed by atoms with E-state index in [9.17, 15) is 14.4 Å². The van der Waals surface area contributed by atoms with Gasteiger partial charge in [-0.05, 0) is 18.6 Å². The molecule has 1 aliphatic rings. The molecule has 0 saturated carbocycles. The molecule has 1 N–H and O–H groups in total. The Kier molecular flexibility index (Phi) is 3.31. The van der Waals surface area contributed by atoms with E-state index in [0.717, 1.165) is 0 Å². The number of likely N-dealkylation sites (N-methyl/N-ethyl adjacent to an activating group) is 1. The Bertz CT molecular complexity index is 488. The number of aromatic nitrogens is 2. The molecule has 0 spiro atoms. The lowest BCUT2D eigenvalue weighted by atomic mass is 10.0. The van der Waals surface area contributed by atoms with Crippen molar-refractivity contribution in [2.24, 2.45) is 0 Å². The maximum atomic E-state index is 12.0. The first kappa shape index (κ1) is 12.2. The second kappa shape index (κ2) is 4.91. The molecule has 1 saturated heterocycles. The average Bonchev–Trinajstić information content (AvgIpc) is 2.38. The molecular weight excluding hydrogens is 236 g/mol. The van der Waals surface area contributed by atoms with Crippen molar-refractivity contribution < 1.29 is 14.4 Å². The SMILES string of the molecule is CN(C(=O)c1cccnn1)C1CCC(=O)NC1=O. The van der Waals surface area contributed by atoms with E-state index in [2.05, 4.69) is 15.5 Å². The lowest BCUT2D eigenvalue weighted by molar-refractivity contribution is -0.136. The number of carbonyl (C=O) groups excluding carboxylic acids is 3. The molecule has 1 fully saturated rings. The number of amides is 3. The zero-order chi connectivity index (χ0) is 13.1.